The zero-order valence-electron chi connectivity index (χ0n) is 32.5. The fraction of sp³-hybridized carbons (Fsp3) is 0.364. The minimum atomic E-state index is -2.51. The number of benzene rings is 4. The van der Waals surface area contributed by atoms with Gasteiger partial charge in [-0.3, -0.25) is 24.1 Å². The fourth-order valence-corrected chi connectivity index (χ4v) is 13.1. The molecule has 1 unspecified atom stereocenters. The van der Waals surface area contributed by atoms with E-state index in [2.05, 4.69) is 32.2 Å². The van der Waals surface area contributed by atoms with Gasteiger partial charge in [0.25, 0.3) is 5.91 Å². The Morgan fingerprint density at radius 1 is 0.929 bits per heavy atom. The van der Waals surface area contributed by atoms with Crippen LogP contribution in [0.25, 0.3) is 0 Å². The second kappa shape index (κ2) is 15.7. The zero-order chi connectivity index (χ0) is 39.8. The van der Waals surface area contributed by atoms with Gasteiger partial charge in [-0.25, -0.2) is 0 Å². The second-order valence-electron chi connectivity index (χ2n) is 15.5. The van der Waals surface area contributed by atoms with Crippen LogP contribution in [0.3, 0.4) is 0 Å². The van der Waals surface area contributed by atoms with Crippen LogP contribution in [0.5, 0.6) is 5.75 Å². The minimum absolute atomic E-state index is 0.0522. The van der Waals surface area contributed by atoms with Crippen LogP contribution in [0.4, 0.5) is 11.4 Å². The molecule has 3 heterocycles. The van der Waals surface area contributed by atoms with Gasteiger partial charge < -0.3 is 29.1 Å². The third-order valence-corrected chi connectivity index (χ3v) is 16.2. The molecule has 3 amide bonds. The highest BCUT2D eigenvalue weighted by atomic mass is 28.3. The van der Waals surface area contributed by atoms with E-state index in [-0.39, 0.29) is 61.7 Å². The molecule has 0 aliphatic carbocycles. The van der Waals surface area contributed by atoms with Crippen LogP contribution >= 0.6 is 0 Å². The first-order valence-corrected chi connectivity index (χ1v) is 22.2. The van der Waals surface area contributed by atoms with Crippen molar-refractivity contribution in [2.75, 3.05) is 30.1 Å². The number of esters is 1. The highest BCUT2D eigenvalue weighted by Crippen LogP contribution is 2.60. The highest BCUT2D eigenvalue weighted by molar-refractivity contribution is 6.91. The maximum Gasteiger partial charge on any atom is 0.304 e. The lowest BCUT2D eigenvalue weighted by Crippen LogP contribution is -2.54. The van der Waals surface area contributed by atoms with Gasteiger partial charge in [0, 0.05) is 37.2 Å². The number of rotatable bonds is 13. The molecule has 2 fully saturated rings. The third kappa shape index (κ3) is 7.01. The Labute approximate surface area is 328 Å². The summed E-state index contributed by atoms with van der Waals surface area (Å²) in [4.78, 5) is 58.4. The minimum Gasteiger partial charge on any atom is -0.497 e. The number of anilines is 2. The van der Waals surface area contributed by atoms with E-state index in [0.29, 0.717) is 12.2 Å². The van der Waals surface area contributed by atoms with Gasteiger partial charge in [-0.2, -0.15) is 0 Å². The van der Waals surface area contributed by atoms with E-state index in [0.717, 1.165) is 33.3 Å². The molecular weight excluding hydrogens is 727 g/mol. The van der Waals surface area contributed by atoms with Crippen molar-refractivity contribution < 1.29 is 38.5 Å². The first kappa shape index (κ1) is 39.0. The SMILES string of the molecule is COc1ccc([Si](C)(C)[C@@H]2[C@@H](CC(=O)N(CCO)Cc3ccccc3)O[C@]3(C(=O)N(Cc4ccc(N5C(=O)CC5OC(C)=O)cc4)c4ccccc43)[C@H]2C)cc1. The van der Waals surface area contributed by atoms with Crippen molar-refractivity contribution in [3.8, 4) is 5.75 Å². The summed E-state index contributed by atoms with van der Waals surface area (Å²) in [5.74, 6) is -0.465. The van der Waals surface area contributed by atoms with Crippen LogP contribution in [0.1, 0.15) is 43.4 Å². The van der Waals surface area contributed by atoms with Crippen molar-refractivity contribution in [1.29, 1.82) is 0 Å². The van der Waals surface area contributed by atoms with E-state index < -0.39 is 32.0 Å². The van der Waals surface area contributed by atoms with E-state index >= 15 is 4.79 Å². The number of nitrogens with zero attached hydrogens (tertiary/aromatic N) is 3. The molecule has 292 valence electrons. The predicted octanol–water partition coefficient (Wildman–Crippen LogP) is 5.50. The average Bonchev–Trinajstić information content (AvgIpc) is 3.61. The van der Waals surface area contributed by atoms with E-state index in [1.807, 2.05) is 78.9 Å². The summed E-state index contributed by atoms with van der Waals surface area (Å²) in [6.07, 6.45) is -1.03. The molecule has 7 rings (SSSR count). The van der Waals surface area contributed by atoms with Gasteiger partial charge in [0.1, 0.15) is 5.75 Å². The van der Waals surface area contributed by atoms with Gasteiger partial charge in [-0.05, 0) is 47.0 Å². The third-order valence-electron chi connectivity index (χ3n) is 11.8. The predicted molar refractivity (Wildman–Crippen MR) is 215 cm³/mol. The number of ether oxygens (including phenoxy) is 3. The molecule has 4 aromatic rings. The van der Waals surface area contributed by atoms with E-state index in [1.54, 1.807) is 29.0 Å². The average molecular weight is 776 g/mol. The Hall–Kier alpha value is -5.30. The van der Waals surface area contributed by atoms with Crippen molar-refractivity contribution in [3.05, 3.63) is 120 Å². The van der Waals surface area contributed by atoms with E-state index in [1.165, 1.54) is 11.8 Å². The number of amides is 3. The number of carbonyl (C=O) groups is 4. The molecule has 0 saturated carbocycles. The lowest BCUT2D eigenvalue weighted by atomic mass is 9.82. The largest absolute Gasteiger partial charge is 0.497 e. The van der Waals surface area contributed by atoms with Crippen LogP contribution in [-0.4, -0.2) is 74.4 Å². The number of methoxy groups -OCH3 is 1. The smallest absolute Gasteiger partial charge is 0.304 e. The maximum absolute atomic E-state index is 15.2. The highest BCUT2D eigenvalue weighted by Gasteiger charge is 2.66. The topological polar surface area (TPSA) is 126 Å². The number of carbonyl (C=O) groups excluding carboxylic acids is 4. The van der Waals surface area contributed by atoms with Gasteiger partial charge in [0.2, 0.25) is 11.8 Å². The number of hydrogen-bond donors (Lipinski definition) is 1. The summed E-state index contributed by atoms with van der Waals surface area (Å²) in [7, 11) is -0.875. The van der Waals surface area contributed by atoms with Crippen molar-refractivity contribution in [2.45, 2.75) is 76.3 Å². The first-order chi connectivity index (χ1) is 26.9. The number of para-hydroxylation sites is 1. The van der Waals surface area contributed by atoms with Crippen LogP contribution in [0.2, 0.25) is 18.6 Å². The molecule has 11 nitrogen and oxygen atoms in total. The summed E-state index contributed by atoms with van der Waals surface area (Å²) in [6, 6.07) is 32.9. The van der Waals surface area contributed by atoms with Crippen molar-refractivity contribution in [3.63, 3.8) is 0 Å². The molecule has 3 aliphatic rings. The lowest BCUT2D eigenvalue weighted by Gasteiger charge is -2.39. The molecule has 1 N–H and O–H groups in total. The van der Waals surface area contributed by atoms with E-state index in [9.17, 15) is 19.5 Å². The second-order valence-corrected chi connectivity index (χ2v) is 20.2. The standard InChI is InChI=1S/C44H49N3O8Si/c1-29-42(56(4,5)35-21-19-34(53-3)20-22-35)38(25-39(50)45(23-24-48)27-31-11-7-6-8-12-31)55-44(29)36-13-9-10-14-37(36)46(43(44)52)28-32-15-17-33(18-16-32)47-40(51)26-41(47)54-30(2)49/h6-22,29,38,41-42,48H,23-28H2,1-5H3/t29-,38+,41?,42-,44+/m0/s1. The number of aliphatic hydroxyl groups is 1. The van der Waals surface area contributed by atoms with Gasteiger partial charge in [-0.15, -0.1) is 0 Å². The molecular formula is C44H49N3O8Si. The summed E-state index contributed by atoms with van der Waals surface area (Å²) >= 11 is 0. The molecule has 56 heavy (non-hydrogen) atoms. The van der Waals surface area contributed by atoms with Gasteiger partial charge in [0.15, 0.2) is 11.8 Å². The Kier molecular flexibility index (Phi) is 10.9. The number of hydrogen-bond acceptors (Lipinski definition) is 8. The Morgan fingerprint density at radius 2 is 1.61 bits per heavy atom. The van der Waals surface area contributed by atoms with Gasteiger partial charge in [0.05, 0.1) is 53.0 Å². The number of fused-ring (bicyclic) bond motifs is 2. The summed E-state index contributed by atoms with van der Waals surface area (Å²) in [5, 5.41) is 11.2. The molecule has 0 radical (unpaired) electrons. The molecule has 12 heteroatoms. The molecule has 0 aromatic heterocycles. The number of β-lactam (4-membered cyclic amide) rings is 1. The Morgan fingerprint density at radius 3 is 2.25 bits per heavy atom. The van der Waals surface area contributed by atoms with Crippen molar-refractivity contribution in [2.24, 2.45) is 5.92 Å². The molecule has 0 bridgehead atoms. The normalized spacial score (nSPS) is 22.9. The monoisotopic (exact) mass is 775 g/mol. The fourth-order valence-electron chi connectivity index (χ4n) is 9.07. The summed E-state index contributed by atoms with van der Waals surface area (Å²) in [6.45, 7) is 8.58. The van der Waals surface area contributed by atoms with Crippen molar-refractivity contribution in [1.82, 2.24) is 4.90 Å². The number of aliphatic hydroxyl groups excluding tert-OH is 1. The van der Waals surface area contributed by atoms with Gasteiger partial charge in [-0.1, -0.05) is 98.0 Å². The van der Waals surface area contributed by atoms with Crippen LogP contribution in [0.15, 0.2) is 103 Å². The van der Waals surface area contributed by atoms with Gasteiger partial charge >= 0.3 is 5.97 Å². The molecule has 3 aliphatic heterocycles. The maximum atomic E-state index is 15.2. The van der Waals surface area contributed by atoms with E-state index in [4.69, 9.17) is 14.2 Å². The molecule has 5 atom stereocenters. The summed E-state index contributed by atoms with van der Waals surface area (Å²) < 4.78 is 18.0. The van der Waals surface area contributed by atoms with Crippen LogP contribution < -0.4 is 19.7 Å². The molecule has 2 saturated heterocycles. The molecule has 1 spiro atoms. The van der Waals surface area contributed by atoms with Crippen molar-refractivity contribution >= 4 is 48.3 Å². The lowest BCUT2D eigenvalue weighted by molar-refractivity contribution is -0.154. The molecule has 4 aromatic carbocycles. The zero-order valence-corrected chi connectivity index (χ0v) is 33.5. The first-order valence-electron chi connectivity index (χ1n) is 19.1. The van der Waals surface area contributed by atoms with Crippen LogP contribution in [-0.2, 0) is 47.3 Å². The summed E-state index contributed by atoms with van der Waals surface area (Å²) in [5.41, 5.74) is 2.45. The Bertz CT molecular complexity index is 2090. The van der Waals surface area contributed by atoms with Crippen LogP contribution in [0, 0.1) is 5.92 Å². The Balaban J connectivity index is 1.22. The quantitative estimate of drug-likeness (QED) is 0.107.